The number of nitrogens with zero attached hydrogens (tertiary/aromatic N) is 2. The highest BCUT2D eigenvalue weighted by Crippen LogP contribution is 2.12. The van der Waals surface area contributed by atoms with Crippen LogP contribution in [-0.4, -0.2) is 29.3 Å². The maximum Gasteiger partial charge on any atom is 0.0948 e. The van der Waals surface area contributed by atoms with Crippen LogP contribution in [0.5, 0.6) is 0 Å². The minimum atomic E-state index is 0.686. The minimum Gasteiger partial charge on any atom is -0.381 e. The SMILES string of the molecule is CCCn1cncc1CNCC1CCCOC1. The summed E-state index contributed by atoms with van der Waals surface area (Å²) < 4.78 is 7.70. The summed E-state index contributed by atoms with van der Waals surface area (Å²) in [7, 11) is 0. The number of rotatable bonds is 6. The average molecular weight is 237 g/mol. The van der Waals surface area contributed by atoms with Crippen molar-refractivity contribution in [1.29, 1.82) is 0 Å². The Morgan fingerprint density at radius 1 is 1.59 bits per heavy atom. The van der Waals surface area contributed by atoms with Crippen LogP contribution in [0.15, 0.2) is 12.5 Å². The lowest BCUT2D eigenvalue weighted by atomic mass is 10.0. The molecule has 0 spiro atoms. The van der Waals surface area contributed by atoms with Gasteiger partial charge in [0.2, 0.25) is 0 Å². The van der Waals surface area contributed by atoms with Crippen LogP contribution in [-0.2, 0) is 17.8 Å². The largest absolute Gasteiger partial charge is 0.381 e. The van der Waals surface area contributed by atoms with Crippen LogP contribution in [0.2, 0.25) is 0 Å². The first-order valence-electron chi connectivity index (χ1n) is 6.67. The molecule has 17 heavy (non-hydrogen) atoms. The standard InChI is InChI=1S/C13H23N3O/c1-2-5-16-11-15-9-13(16)8-14-7-12-4-3-6-17-10-12/h9,11-12,14H,2-8,10H2,1H3. The van der Waals surface area contributed by atoms with Crippen LogP contribution < -0.4 is 5.32 Å². The van der Waals surface area contributed by atoms with Gasteiger partial charge in [-0.2, -0.15) is 0 Å². The fourth-order valence-electron chi connectivity index (χ4n) is 2.31. The van der Waals surface area contributed by atoms with Crippen molar-refractivity contribution in [1.82, 2.24) is 14.9 Å². The summed E-state index contributed by atoms with van der Waals surface area (Å²) in [4.78, 5) is 4.20. The van der Waals surface area contributed by atoms with Crippen molar-refractivity contribution in [3.05, 3.63) is 18.2 Å². The molecule has 1 aromatic heterocycles. The molecule has 1 N–H and O–H groups in total. The quantitative estimate of drug-likeness (QED) is 0.820. The zero-order chi connectivity index (χ0) is 11.9. The molecule has 1 aliphatic heterocycles. The Balaban J connectivity index is 1.71. The fraction of sp³-hybridized carbons (Fsp3) is 0.769. The predicted octanol–water partition coefficient (Wildman–Crippen LogP) is 1.81. The number of ether oxygens (including phenoxy) is 1. The Labute approximate surface area is 103 Å². The van der Waals surface area contributed by atoms with Gasteiger partial charge in [-0.1, -0.05) is 6.92 Å². The summed E-state index contributed by atoms with van der Waals surface area (Å²) in [6.07, 6.45) is 7.53. The molecular weight excluding hydrogens is 214 g/mol. The number of aryl methyl sites for hydroxylation is 1. The van der Waals surface area contributed by atoms with Gasteiger partial charge in [0.25, 0.3) is 0 Å². The molecule has 0 saturated carbocycles. The maximum atomic E-state index is 5.47. The molecule has 1 atom stereocenters. The summed E-state index contributed by atoms with van der Waals surface area (Å²) in [6, 6.07) is 0. The van der Waals surface area contributed by atoms with Crippen molar-refractivity contribution < 1.29 is 4.74 Å². The Kier molecular flexibility index (Phi) is 5.01. The Bertz CT molecular complexity index is 318. The summed E-state index contributed by atoms with van der Waals surface area (Å²) in [5, 5.41) is 3.52. The summed E-state index contributed by atoms with van der Waals surface area (Å²) >= 11 is 0. The van der Waals surface area contributed by atoms with E-state index in [1.807, 2.05) is 12.5 Å². The van der Waals surface area contributed by atoms with E-state index in [9.17, 15) is 0 Å². The molecule has 1 aromatic rings. The van der Waals surface area contributed by atoms with Gasteiger partial charge in [-0.15, -0.1) is 0 Å². The van der Waals surface area contributed by atoms with Gasteiger partial charge < -0.3 is 14.6 Å². The van der Waals surface area contributed by atoms with E-state index in [1.54, 1.807) is 0 Å². The van der Waals surface area contributed by atoms with Crippen molar-refractivity contribution in [2.75, 3.05) is 19.8 Å². The second kappa shape index (κ2) is 6.77. The van der Waals surface area contributed by atoms with Gasteiger partial charge in [0.15, 0.2) is 0 Å². The number of hydrogen-bond acceptors (Lipinski definition) is 3. The van der Waals surface area contributed by atoms with Crippen LogP contribution in [0, 0.1) is 5.92 Å². The molecule has 0 bridgehead atoms. The molecule has 0 radical (unpaired) electrons. The topological polar surface area (TPSA) is 39.1 Å². The predicted molar refractivity (Wildman–Crippen MR) is 67.8 cm³/mol. The summed E-state index contributed by atoms with van der Waals surface area (Å²) in [5.41, 5.74) is 1.28. The van der Waals surface area contributed by atoms with E-state index in [4.69, 9.17) is 4.74 Å². The monoisotopic (exact) mass is 237 g/mol. The molecule has 4 heteroatoms. The minimum absolute atomic E-state index is 0.686. The van der Waals surface area contributed by atoms with E-state index in [-0.39, 0.29) is 0 Å². The van der Waals surface area contributed by atoms with Crippen LogP contribution in [0.1, 0.15) is 31.9 Å². The van der Waals surface area contributed by atoms with Gasteiger partial charge in [-0.3, -0.25) is 0 Å². The van der Waals surface area contributed by atoms with Gasteiger partial charge >= 0.3 is 0 Å². The molecule has 0 aromatic carbocycles. The molecule has 2 heterocycles. The average Bonchev–Trinajstić information content (AvgIpc) is 2.79. The highest BCUT2D eigenvalue weighted by molar-refractivity contribution is 4.97. The van der Waals surface area contributed by atoms with E-state index in [0.29, 0.717) is 5.92 Å². The van der Waals surface area contributed by atoms with Crippen LogP contribution in [0.4, 0.5) is 0 Å². The van der Waals surface area contributed by atoms with E-state index in [2.05, 4.69) is 21.8 Å². The highest BCUT2D eigenvalue weighted by Gasteiger charge is 2.13. The number of hydrogen-bond donors (Lipinski definition) is 1. The first-order chi connectivity index (χ1) is 8.40. The summed E-state index contributed by atoms with van der Waals surface area (Å²) in [5.74, 6) is 0.686. The van der Waals surface area contributed by atoms with Crippen molar-refractivity contribution in [3.63, 3.8) is 0 Å². The molecule has 1 saturated heterocycles. The molecule has 1 aliphatic rings. The lowest BCUT2D eigenvalue weighted by molar-refractivity contribution is 0.0547. The van der Waals surface area contributed by atoms with Gasteiger partial charge in [0.05, 0.1) is 18.6 Å². The normalized spacial score (nSPS) is 20.6. The van der Waals surface area contributed by atoms with E-state index >= 15 is 0 Å². The van der Waals surface area contributed by atoms with Crippen LogP contribution in [0.3, 0.4) is 0 Å². The Morgan fingerprint density at radius 3 is 3.29 bits per heavy atom. The zero-order valence-corrected chi connectivity index (χ0v) is 10.7. The highest BCUT2D eigenvalue weighted by atomic mass is 16.5. The molecule has 96 valence electrons. The Hall–Kier alpha value is -0.870. The second-order valence-electron chi connectivity index (χ2n) is 4.79. The molecule has 4 nitrogen and oxygen atoms in total. The van der Waals surface area contributed by atoms with Gasteiger partial charge in [0, 0.05) is 32.4 Å². The lowest BCUT2D eigenvalue weighted by Crippen LogP contribution is -2.29. The zero-order valence-electron chi connectivity index (χ0n) is 10.7. The van der Waals surface area contributed by atoms with Gasteiger partial charge in [-0.25, -0.2) is 4.98 Å². The third kappa shape index (κ3) is 3.82. The molecule has 1 fully saturated rings. The Morgan fingerprint density at radius 2 is 2.53 bits per heavy atom. The molecule has 1 unspecified atom stereocenters. The number of aromatic nitrogens is 2. The van der Waals surface area contributed by atoms with Crippen molar-refractivity contribution in [3.8, 4) is 0 Å². The first kappa shape index (κ1) is 12.6. The smallest absolute Gasteiger partial charge is 0.0948 e. The third-order valence-corrected chi connectivity index (χ3v) is 3.26. The second-order valence-corrected chi connectivity index (χ2v) is 4.79. The fourth-order valence-corrected chi connectivity index (χ4v) is 2.31. The van der Waals surface area contributed by atoms with Gasteiger partial charge in [-0.05, 0) is 25.2 Å². The lowest BCUT2D eigenvalue weighted by Gasteiger charge is -2.22. The van der Waals surface area contributed by atoms with Crippen LogP contribution in [0.25, 0.3) is 0 Å². The first-order valence-corrected chi connectivity index (χ1v) is 6.67. The van der Waals surface area contributed by atoms with Crippen LogP contribution >= 0.6 is 0 Å². The maximum absolute atomic E-state index is 5.47. The molecule has 2 rings (SSSR count). The van der Waals surface area contributed by atoms with Crippen molar-refractivity contribution in [2.45, 2.75) is 39.3 Å². The van der Waals surface area contributed by atoms with Gasteiger partial charge in [0.1, 0.15) is 0 Å². The molecule has 0 aliphatic carbocycles. The molecule has 0 amide bonds. The summed E-state index contributed by atoms with van der Waals surface area (Å²) in [6.45, 7) is 7.08. The van der Waals surface area contributed by atoms with E-state index < -0.39 is 0 Å². The van der Waals surface area contributed by atoms with E-state index in [0.717, 1.165) is 39.3 Å². The molecular formula is C13H23N3O. The number of imidazole rings is 1. The van der Waals surface area contributed by atoms with Crippen molar-refractivity contribution >= 4 is 0 Å². The van der Waals surface area contributed by atoms with E-state index in [1.165, 1.54) is 18.5 Å². The number of nitrogens with one attached hydrogen (secondary N) is 1. The van der Waals surface area contributed by atoms with Crippen molar-refractivity contribution in [2.24, 2.45) is 5.92 Å². The third-order valence-electron chi connectivity index (χ3n) is 3.26.